The van der Waals surface area contributed by atoms with Gasteiger partial charge in [-0.25, -0.2) is 0 Å². The molecule has 0 N–H and O–H groups in total. The Balaban J connectivity index is 1.41. The molecule has 0 saturated heterocycles. The lowest BCUT2D eigenvalue weighted by Crippen LogP contribution is -2.07. The van der Waals surface area contributed by atoms with Crippen LogP contribution in [0.5, 0.6) is 0 Å². The zero-order valence-corrected chi connectivity index (χ0v) is 16.4. The second-order valence-electron chi connectivity index (χ2n) is 9.11. The summed E-state index contributed by atoms with van der Waals surface area (Å²) in [5, 5.41) is 26.7. The second kappa shape index (κ2) is 5.50. The number of rotatable bonds is 1. The maximum Gasteiger partial charge on any atom is 0.129 e. The fourth-order valence-corrected chi connectivity index (χ4v) is 6.98. The van der Waals surface area contributed by atoms with Crippen LogP contribution in [0.2, 0.25) is 0 Å². The maximum absolute atomic E-state index is 9.36. The standard InChI is InChI=1S/C28H18N2/c29-13-19(14-30)27-24-11-22-21(23(24)12-25(22)27)10-18-7-6-17-5-4-15-2-1-3-16-8-9-20(18)28(17)26(15)16/h1-10,22-25H,11-12H2. The first-order valence-electron chi connectivity index (χ1n) is 10.7. The van der Waals surface area contributed by atoms with Crippen molar-refractivity contribution >= 4 is 38.4 Å². The Morgan fingerprint density at radius 3 is 2.00 bits per heavy atom. The largest absolute Gasteiger partial charge is 0.192 e. The maximum atomic E-state index is 9.36. The van der Waals surface area contributed by atoms with Crippen LogP contribution in [0.4, 0.5) is 0 Å². The predicted octanol–water partition coefficient (Wildman–Crippen LogP) is 6.60. The van der Waals surface area contributed by atoms with Gasteiger partial charge in [-0.15, -0.1) is 0 Å². The van der Waals surface area contributed by atoms with Crippen molar-refractivity contribution in [3.8, 4) is 12.1 Å². The number of allylic oxidation sites excluding steroid dienone is 3. The molecule has 4 fully saturated rings. The molecule has 8 rings (SSSR count). The molecule has 4 aliphatic rings. The van der Waals surface area contributed by atoms with E-state index in [2.05, 4.69) is 72.8 Å². The van der Waals surface area contributed by atoms with E-state index in [0.717, 1.165) is 12.8 Å². The zero-order valence-electron chi connectivity index (χ0n) is 16.4. The van der Waals surface area contributed by atoms with E-state index in [0.29, 0.717) is 29.2 Å². The van der Waals surface area contributed by atoms with Crippen LogP contribution in [-0.4, -0.2) is 0 Å². The highest BCUT2D eigenvalue weighted by atomic mass is 14.6. The van der Waals surface area contributed by atoms with Crippen molar-refractivity contribution in [1.82, 2.24) is 0 Å². The predicted molar refractivity (Wildman–Crippen MR) is 120 cm³/mol. The van der Waals surface area contributed by atoms with Crippen molar-refractivity contribution in [3.63, 3.8) is 0 Å². The summed E-state index contributed by atoms with van der Waals surface area (Å²) in [6.07, 6.45) is 4.68. The molecule has 4 aliphatic carbocycles. The van der Waals surface area contributed by atoms with Crippen molar-refractivity contribution in [1.29, 1.82) is 10.5 Å². The van der Waals surface area contributed by atoms with Crippen molar-refractivity contribution in [2.75, 3.05) is 0 Å². The van der Waals surface area contributed by atoms with Crippen LogP contribution in [-0.2, 0) is 0 Å². The highest BCUT2D eigenvalue weighted by molar-refractivity contribution is 6.24. The van der Waals surface area contributed by atoms with Gasteiger partial charge in [-0.2, -0.15) is 10.5 Å². The summed E-state index contributed by atoms with van der Waals surface area (Å²) in [6.45, 7) is 0. The van der Waals surface area contributed by atoms with Crippen LogP contribution in [0.1, 0.15) is 18.4 Å². The van der Waals surface area contributed by atoms with Gasteiger partial charge in [0, 0.05) is 0 Å². The Labute approximate surface area is 174 Å². The summed E-state index contributed by atoms with van der Waals surface area (Å²) in [4.78, 5) is 0. The topological polar surface area (TPSA) is 47.6 Å². The van der Waals surface area contributed by atoms with Gasteiger partial charge in [-0.3, -0.25) is 0 Å². The summed E-state index contributed by atoms with van der Waals surface area (Å²) < 4.78 is 0. The monoisotopic (exact) mass is 382 g/mol. The van der Waals surface area contributed by atoms with E-state index >= 15 is 0 Å². The van der Waals surface area contributed by atoms with Crippen molar-refractivity contribution in [2.45, 2.75) is 12.8 Å². The summed E-state index contributed by atoms with van der Waals surface area (Å²) >= 11 is 0. The molecule has 0 heterocycles. The third-order valence-electron chi connectivity index (χ3n) is 8.04. The highest BCUT2D eigenvalue weighted by Gasteiger charge is 2.60. The van der Waals surface area contributed by atoms with Gasteiger partial charge < -0.3 is 0 Å². The molecule has 0 radical (unpaired) electrons. The van der Waals surface area contributed by atoms with Gasteiger partial charge >= 0.3 is 0 Å². The molecular weight excluding hydrogens is 364 g/mol. The minimum Gasteiger partial charge on any atom is -0.192 e. The average Bonchev–Trinajstić information content (AvgIpc) is 3.51. The molecule has 0 amide bonds. The Kier molecular flexibility index (Phi) is 2.97. The molecule has 4 bridgehead atoms. The number of hydrogen-bond donors (Lipinski definition) is 0. The third-order valence-corrected chi connectivity index (χ3v) is 8.04. The molecule has 2 heteroatoms. The number of hydrogen-bond acceptors (Lipinski definition) is 2. The van der Waals surface area contributed by atoms with Crippen molar-refractivity contribution in [3.05, 3.63) is 76.9 Å². The van der Waals surface area contributed by atoms with Crippen LogP contribution < -0.4 is 0 Å². The van der Waals surface area contributed by atoms with Gasteiger partial charge in [0.25, 0.3) is 0 Å². The fraction of sp³-hybridized carbons (Fsp3) is 0.214. The lowest BCUT2D eigenvalue weighted by Gasteiger charge is -2.17. The molecule has 4 unspecified atom stereocenters. The summed E-state index contributed by atoms with van der Waals surface area (Å²) in [5.74, 6) is 1.87. The Morgan fingerprint density at radius 2 is 1.33 bits per heavy atom. The van der Waals surface area contributed by atoms with E-state index in [1.165, 1.54) is 43.5 Å². The molecule has 140 valence electrons. The normalized spacial score (nSPS) is 26.2. The van der Waals surface area contributed by atoms with Gasteiger partial charge in [0.15, 0.2) is 0 Å². The van der Waals surface area contributed by atoms with E-state index in [-0.39, 0.29) is 0 Å². The molecule has 4 atom stereocenters. The van der Waals surface area contributed by atoms with E-state index < -0.39 is 0 Å². The van der Waals surface area contributed by atoms with E-state index in [1.807, 2.05) is 0 Å². The first kappa shape index (κ1) is 16.2. The summed E-state index contributed by atoms with van der Waals surface area (Å²) in [7, 11) is 0. The van der Waals surface area contributed by atoms with Gasteiger partial charge in [-0.05, 0) is 80.0 Å². The molecule has 4 saturated carbocycles. The Hall–Kier alpha value is -3.62. The quantitative estimate of drug-likeness (QED) is 0.275. The van der Waals surface area contributed by atoms with Gasteiger partial charge in [-0.1, -0.05) is 66.2 Å². The van der Waals surface area contributed by atoms with E-state index in [1.54, 1.807) is 5.57 Å². The number of nitriles is 2. The number of nitrogens with zero attached hydrogens (tertiary/aromatic N) is 2. The second-order valence-corrected chi connectivity index (χ2v) is 9.11. The highest BCUT2D eigenvalue weighted by Crippen LogP contribution is 2.69. The van der Waals surface area contributed by atoms with Crippen LogP contribution in [0.15, 0.2) is 71.3 Å². The molecule has 4 aromatic carbocycles. The minimum absolute atomic E-state index is 0.386. The Morgan fingerprint density at radius 1 is 0.733 bits per heavy atom. The van der Waals surface area contributed by atoms with E-state index in [9.17, 15) is 10.5 Å². The van der Waals surface area contributed by atoms with Gasteiger partial charge in [0.05, 0.1) is 0 Å². The smallest absolute Gasteiger partial charge is 0.129 e. The zero-order chi connectivity index (χ0) is 20.0. The molecule has 0 spiro atoms. The summed E-state index contributed by atoms with van der Waals surface area (Å²) in [6, 6.07) is 24.4. The molecule has 30 heavy (non-hydrogen) atoms. The molecule has 2 nitrogen and oxygen atoms in total. The lowest BCUT2D eigenvalue weighted by atomic mass is 9.86. The van der Waals surface area contributed by atoms with Crippen molar-refractivity contribution < 1.29 is 0 Å². The fourth-order valence-electron chi connectivity index (χ4n) is 6.98. The van der Waals surface area contributed by atoms with Crippen LogP contribution >= 0.6 is 0 Å². The lowest BCUT2D eigenvalue weighted by molar-refractivity contribution is 0.457. The molecule has 0 aromatic heterocycles. The third kappa shape index (κ3) is 1.83. The molecular formula is C28H18N2. The minimum atomic E-state index is 0.386. The SMILES string of the molecule is N#CC(C#N)=C1C2CC3C(=Cc4ccc5ccc6cccc7ccc4c5c67)C2CC13. The van der Waals surface area contributed by atoms with Crippen LogP contribution in [0.25, 0.3) is 38.4 Å². The molecule has 0 aliphatic heterocycles. The first-order chi connectivity index (χ1) is 14.8. The van der Waals surface area contributed by atoms with E-state index in [4.69, 9.17) is 0 Å². The van der Waals surface area contributed by atoms with Crippen molar-refractivity contribution in [2.24, 2.45) is 23.7 Å². The van der Waals surface area contributed by atoms with Crippen LogP contribution in [0.3, 0.4) is 0 Å². The first-order valence-corrected chi connectivity index (χ1v) is 10.7. The van der Waals surface area contributed by atoms with Gasteiger partial charge in [0.2, 0.25) is 0 Å². The summed E-state index contributed by atoms with van der Waals surface area (Å²) in [5.41, 5.74) is 4.42. The van der Waals surface area contributed by atoms with Crippen LogP contribution in [0, 0.1) is 46.3 Å². The van der Waals surface area contributed by atoms with Gasteiger partial charge in [0.1, 0.15) is 17.7 Å². The Bertz CT molecular complexity index is 1480. The average molecular weight is 382 g/mol. The number of benzene rings is 4. The molecule has 4 aromatic rings.